The van der Waals surface area contributed by atoms with Gasteiger partial charge in [0.25, 0.3) is 0 Å². The summed E-state index contributed by atoms with van der Waals surface area (Å²) in [5.41, 5.74) is 1.06. The van der Waals surface area contributed by atoms with Gasteiger partial charge in [0.15, 0.2) is 0 Å². The molecule has 6 nitrogen and oxygen atoms in total. The van der Waals surface area contributed by atoms with E-state index in [1.807, 2.05) is 12.1 Å². The number of nitrogens with one attached hydrogen (secondary N) is 1. The molecule has 1 aromatic rings. The van der Waals surface area contributed by atoms with Crippen LogP contribution in [0.5, 0.6) is 0 Å². The van der Waals surface area contributed by atoms with Gasteiger partial charge in [0, 0.05) is 44.8 Å². The third-order valence-corrected chi connectivity index (χ3v) is 6.91. The second kappa shape index (κ2) is 8.80. The number of rotatable bonds is 7. The van der Waals surface area contributed by atoms with E-state index in [0.717, 1.165) is 57.7 Å². The van der Waals surface area contributed by atoms with Gasteiger partial charge in [-0.05, 0) is 37.0 Å². The zero-order valence-electron chi connectivity index (χ0n) is 15.6. The molecule has 2 aliphatic rings. The zero-order chi connectivity index (χ0) is 18.5. The summed E-state index contributed by atoms with van der Waals surface area (Å²) in [5, 5.41) is 0. The Morgan fingerprint density at radius 1 is 1.04 bits per heavy atom. The summed E-state index contributed by atoms with van der Waals surface area (Å²) < 4.78 is 39.3. The topological polar surface area (TPSA) is 67.9 Å². The van der Waals surface area contributed by atoms with Gasteiger partial charge in [0.1, 0.15) is 0 Å². The van der Waals surface area contributed by atoms with Crippen molar-refractivity contribution < 1.29 is 17.9 Å². The summed E-state index contributed by atoms with van der Waals surface area (Å²) in [4.78, 5) is 2.72. The molecule has 0 aromatic heterocycles. The van der Waals surface area contributed by atoms with Crippen LogP contribution in [0.3, 0.4) is 0 Å². The van der Waals surface area contributed by atoms with E-state index in [2.05, 4.69) is 16.5 Å². The first kappa shape index (κ1) is 19.8. The minimum atomic E-state index is -3.50. The van der Waals surface area contributed by atoms with Gasteiger partial charge >= 0.3 is 0 Å². The maximum atomic E-state index is 12.7. The third-order valence-electron chi connectivity index (χ3n) is 5.50. The van der Waals surface area contributed by atoms with Crippen LogP contribution >= 0.6 is 0 Å². The summed E-state index contributed by atoms with van der Waals surface area (Å²) in [7, 11) is -3.50. The molecule has 0 spiro atoms. The Labute approximate surface area is 156 Å². The molecule has 2 saturated heterocycles. The molecule has 3 rings (SSSR count). The van der Waals surface area contributed by atoms with Crippen molar-refractivity contribution in [3.8, 4) is 0 Å². The Bertz CT molecular complexity index is 663. The quantitative estimate of drug-likeness (QED) is 0.777. The lowest BCUT2D eigenvalue weighted by Crippen LogP contribution is -2.50. The molecule has 2 aliphatic heterocycles. The van der Waals surface area contributed by atoms with Crippen LogP contribution in [0, 0.1) is 5.41 Å². The number of aryl methyl sites for hydroxylation is 1. The van der Waals surface area contributed by atoms with Gasteiger partial charge in [-0.2, -0.15) is 0 Å². The van der Waals surface area contributed by atoms with Crippen LogP contribution in [0.4, 0.5) is 0 Å². The van der Waals surface area contributed by atoms with E-state index < -0.39 is 10.0 Å². The fourth-order valence-corrected chi connectivity index (χ4v) is 4.82. The van der Waals surface area contributed by atoms with Crippen molar-refractivity contribution in [2.45, 2.75) is 31.1 Å². The fourth-order valence-electron chi connectivity index (χ4n) is 3.66. The van der Waals surface area contributed by atoms with Crippen LogP contribution in [-0.2, 0) is 25.9 Å². The normalized spacial score (nSPS) is 21.6. The van der Waals surface area contributed by atoms with E-state index in [1.54, 1.807) is 12.1 Å². The van der Waals surface area contributed by atoms with Crippen LogP contribution in [0.15, 0.2) is 29.2 Å². The summed E-state index contributed by atoms with van der Waals surface area (Å²) in [5.74, 6) is 0. The maximum Gasteiger partial charge on any atom is 0.240 e. The molecular weight excluding hydrogens is 352 g/mol. The van der Waals surface area contributed by atoms with Crippen LogP contribution in [0.2, 0.25) is 0 Å². The van der Waals surface area contributed by atoms with Gasteiger partial charge < -0.3 is 9.47 Å². The van der Waals surface area contributed by atoms with Gasteiger partial charge in [0.05, 0.1) is 18.1 Å². The van der Waals surface area contributed by atoms with Gasteiger partial charge in [-0.25, -0.2) is 13.1 Å². The summed E-state index contributed by atoms with van der Waals surface area (Å²) >= 11 is 0. The molecule has 26 heavy (non-hydrogen) atoms. The number of hydrogen-bond donors (Lipinski definition) is 1. The Morgan fingerprint density at radius 3 is 2.27 bits per heavy atom. The predicted molar refractivity (Wildman–Crippen MR) is 101 cm³/mol. The Morgan fingerprint density at radius 2 is 1.65 bits per heavy atom. The van der Waals surface area contributed by atoms with E-state index in [-0.39, 0.29) is 5.41 Å². The Hall–Kier alpha value is -0.990. The summed E-state index contributed by atoms with van der Waals surface area (Å²) in [6, 6.07) is 7.15. The molecule has 2 fully saturated rings. The largest absolute Gasteiger partial charge is 0.381 e. The number of benzene rings is 1. The molecule has 0 atom stereocenters. The van der Waals surface area contributed by atoms with Crippen molar-refractivity contribution >= 4 is 10.0 Å². The highest BCUT2D eigenvalue weighted by Gasteiger charge is 2.36. The molecule has 146 valence electrons. The maximum absolute atomic E-state index is 12.7. The van der Waals surface area contributed by atoms with Crippen molar-refractivity contribution in [2.24, 2.45) is 5.41 Å². The smallest absolute Gasteiger partial charge is 0.240 e. The number of morpholine rings is 1. The van der Waals surface area contributed by atoms with Gasteiger partial charge in [-0.15, -0.1) is 0 Å². The molecule has 0 aliphatic carbocycles. The van der Waals surface area contributed by atoms with Crippen molar-refractivity contribution in [1.29, 1.82) is 0 Å². The number of sulfonamides is 1. The molecule has 0 radical (unpaired) electrons. The van der Waals surface area contributed by atoms with E-state index in [4.69, 9.17) is 9.47 Å². The lowest BCUT2D eigenvalue weighted by molar-refractivity contribution is -0.0270. The minimum Gasteiger partial charge on any atom is -0.381 e. The zero-order valence-corrected chi connectivity index (χ0v) is 16.4. The molecule has 0 bridgehead atoms. The van der Waals surface area contributed by atoms with Crippen molar-refractivity contribution in [3.63, 3.8) is 0 Å². The molecular formula is C19H30N2O4S. The molecule has 0 unspecified atom stereocenters. The monoisotopic (exact) mass is 382 g/mol. The second-order valence-electron chi connectivity index (χ2n) is 7.32. The minimum absolute atomic E-state index is 0.0774. The summed E-state index contributed by atoms with van der Waals surface area (Å²) in [6.45, 7) is 8.10. The van der Waals surface area contributed by atoms with Crippen LogP contribution < -0.4 is 4.72 Å². The number of nitrogens with zero attached hydrogens (tertiary/aromatic N) is 1. The highest BCUT2D eigenvalue weighted by molar-refractivity contribution is 7.89. The van der Waals surface area contributed by atoms with E-state index in [0.29, 0.717) is 24.7 Å². The number of ether oxygens (including phenoxy) is 2. The van der Waals surface area contributed by atoms with Crippen molar-refractivity contribution in [1.82, 2.24) is 9.62 Å². The highest BCUT2D eigenvalue weighted by Crippen LogP contribution is 2.32. The van der Waals surface area contributed by atoms with Crippen molar-refractivity contribution in [2.75, 3.05) is 52.6 Å². The SMILES string of the molecule is CCc1ccc(S(=O)(=O)NCC2(CN3CCOCC3)CCOCC2)cc1. The van der Waals surface area contributed by atoms with Crippen LogP contribution in [0.1, 0.15) is 25.3 Å². The third kappa shape index (κ3) is 5.04. The predicted octanol–water partition coefficient (Wildman–Crippen LogP) is 1.66. The summed E-state index contributed by atoms with van der Waals surface area (Å²) in [6.07, 6.45) is 2.65. The van der Waals surface area contributed by atoms with Crippen molar-refractivity contribution in [3.05, 3.63) is 29.8 Å². The lowest BCUT2D eigenvalue weighted by atomic mass is 9.79. The number of hydrogen-bond acceptors (Lipinski definition) is 5. The van der Waals surface area contributed by atoms with E-state index in [9.17, 15) is 8.42 Å². The van der Waals surface area contributed by atoms with Gasteiger partial charge in [0.2, 0.25) is 10.0 Å². The Balaban J connectivity index is 1.67. The average Bonchev–Trinajstić information content (AvgIpc) is 2.68. The molecule has 7 heteroatoms. The molecule has 0 saturated carbocycles. The van der Waals surface area contributed by atoms with E-state index in [1.165, 1.54) is 0 Å². The molecule has 1 aromatic carbocycles. The van der Waals surface area contributed by atoms with Crippen LogP contribution in [0.25, 0.3) is 0 Å². The molecule has 0 amide bonds. The molecule has 1 N–H and O–H groups in total. The lowest BCUT2D eigenvalue weighted by Gasteiger charge is -2.42. The fraction of sp³-hybridized carbons (Fsp3) is 0.684. The van der Waals surface area contributed by atoms with Gasteiger partial charge in [-0.1, -0.05) is 19.1 Å². The standard InChI is InChI=1S/C19H30N2O4S/c1-2-17-3-5-18(6-4-17)26(22,23)20-15-19(7-11-24-12-8-19)16-21-9-13-25-14-10-21/h3-6,20H,2,7-16H2,1H3. The van der Waals surface area contributed by atoms with Crippen LogP contribution in [-0.4, -0.2) is 65.9 Å². The molecule has 2 heterocycles. The second-order valence-corrected chi connectivity index (χ2v) is 9.09. The first-order valence-corrected chi connectivity index (χ1v) is 11.0. The Kier molecular flexibility index (Phi) is 6.69. The first-order valence-electron chi connectivity index (χ1n) is 9.49. The average molecular weight is 383 g/mol. The van der Waals surface area contributed by atoms with Gasteiger partial charge in [-0.3, -0.25) is 4.90 Å². The first-order chi connectivity index (χ1) is 12.5. The van der Waals surface area contributed by atoms with E-state index >= 15 is 0 Å². The highest BCUT2D eigenvalue weighted by atomic mass is 32.2.